The molecule has 0 N–H and O–H groups in total. The highest BCUT2D eigenvalue weighted by Gasteiger charge is 2.81. The molecule has 10 heteroatoms. The molecule has 0 amide bonds. The SMILES string of the molecule is CCc1sc(-c2ccccc2)nc1C1=C(c2nc(-c3ccccc3)sc2CC)C(F)(F)C(F)(F)C1(F)F. The lowest BCUT2D eigenvalue weighted by molar-refractivity contribution is -0.254. The third-order valence-electron chi connectivity index (χ3n) is 6.22. The molecule has 5 rings (SSSR count). The van der Waals surface area contributed by atoms with Crippen LogP contribution in [0.2, 0.25) is 0 Å². The van der Waals surface area contributed by atoms with Gasteiger partial charge in [0.25, 0.3) is 0 Å². The molecule has 0 aliphatic heterocycles. The monoisotopic (exact) mass is 550 g/mol. The summed E-state index contributed by atoms with van der Waals surface area (Å²) in [5.41, 5.74) is -2.80. The Morgan fingerprint density at radius 3 is 1.27 bits per heavy atom. The first-order valence-electron chi connectivity index (χ1n) is 11.5. The molecule has 0 saturated carbocycles. The minimum atomic E-state index is -5.66. The molecule has 4 aromatic rings. The number of rotatable bonds is 6. The maximum atomic E-state index is 15.4. The molecule has 0 atom stereocenters. The minimum absolute atomic E-state index is 0.150. The number of nitrogens with zero attached hydrogens (tertiary/aromatic N) is 2. The Labute approximate surface area is 217 Å². The smallest absolute Gasteiger partial charge is 0.236 e. The van der Waals surface area contributed by atoms with Gasteiger partial charge in [-0.3, -0.25) is 0 Å². The van der Waals surface area contributed by atoms with Crippen LogP contribution in [0.5, 0.6) is 0 Å². The predicted octanol–water partition coefficient (Wildman–Crippen LogP) is 8.89. The zero-order chi connectivity index (χ0) is 26.6. The highest BCUT2D eigenvalue weighted by atomic mass is 32.1. The van der Waals surface area contributed by atoms with Crippen molar-refractivity contribution in [1.29, 1.82) is 0 Å². The van der Waals surface area contributed by atoms with Crippen molar-refractivity contribution in [2.45, 2.75) is 44.5 Å². The van der Waals surface area contributed by atoms with E-state index >= 15 is 17.6 Å². The lowest BCUT2D eigenvalue weighted by Crippen LogP contribution is -2.49. The van der Waals surface area contributed by atoms with Gasteiger partial charge >= 0.3 is 17.8 Å². The first kappa shape index (κ1) is 25.7. The Morgan fingerprint density at radius 2 is 0.946 bits per heavy atom. The standard InChI is InChI=1S/C27H20F6N2S2/c1-3-17-21(34-23(36-17)15-11-7-5-8-12-15)19-20(26(30,31)27(32,33)25(19,28)29)22-18(4-2)37-24(35-22)16-13-9-6-10-14-16/h5-14H,3-4H2,1-2H3. The fourth-order valence-electron chi connectivity index (χ4n) is 4.34. The third-order valence-corrected chi connectivity index (χ3v) is 8.72. The van der Waals surface area contributed by atoms with Gasteiger partial charge < -0.3 is 0 Å². The van der Waals surface area contributed by atoms with Crippen LogP contribution in [-0.4, -0.2) is 27.7 Å². The van der Waals surface area contributed by atoms with Crippen molar-refractivity contribution in [2.24, 2.45) is 0 Å². The first-order valence-corrected chi connectivity index (χ1v) is 13.2. The Morgan fingerprint density at radius 1 is 0.595 bits per heavy atom. The van der Waals surface area contributed by atoms with Crippen LogP contribution in [0.15, 0.2) is 60.7 Å². The van der Waals surface area contributed by atoms with Crippen molar-refractivity contribution < 1.29 is 26.3 Å². The third kappa shape index (κ3) is 3.84. The van der Waals surface area contributed by atoms with Crippen LogP contribution in [0.3, 0.4) is 0 Å². The molecule has 192 valence electrons. The summed E-state index contributed by atoms with van der Waals surface area (Å²) in [6.07, 6.45) is 0.299. The number of halogens is 6. The predicted molar refractivity (Wildman–Crippen MR) is 136 cm³/mol. The van der Waals surface area contributed by atoms with Crippen LogP contribution in [0.25, 0.3) is 32.3 Å². The summed E-state index contributed by atoms with van der Waals surface area (Å²) in [5.74, 6) is -16.0. The van der Waals surface area contributed by atoms with E-state index in [1.807, 2.05) is 0 Å². The number of benzene rings is 2. The molecule has 2 aromatic carbocycles. The molecule has 2 aromatic heterocycles. The van der Waals surface area contributed by atoms with Crippen molar-refractivity contribution in [2.75, 3.05) is 0 Å². The van der Waals surface area contributed by atoms with Gasteiger partial charge in [-0.1, -0.05) is 74.5 Å². The summed E-state index contributed by atoms with van der Waals surface area (Å²) in [6, 6.07) is 17.1. The van der Waals surface area contributed by atoms with Gasteiger partial charge in [0.05, 0.1) is 22.5 Å². The zero-order valence-electron chi connectivity index (χ0n) is 19.7. The quantitative estimate of drug-likeness (QED) is 0.224. The fourth-order valence-corrected chi connectivity index (χ4v) is 6.37. The van der Waals surface area contributed by atoms with Crippen LogP contribution in [0, 0.1) is 0 Å². The van der Waals surface area contributed by atoms with Gasteiger partial charge in [0, 0.05) is 20.9 Å². The van der Waals surface area contributed by atoms with Crippen molar-refractivity contribution >= 4 is 33.8 Å². The molecular formula is C27H20F6N2S2. The second-order valence-corrected chi connectivity index (χ2v) is 10.7. The molecule has 0 bridgehead atoms. The molecule has 37 heavy (non-hydrogen) atoms. The summed E-state index contributed by atoms with van der Waals surface area (Å²) >= 11 is 2.05. The Bertz CT molecular complexity index is 1360. The highest BCUT2D eigenvalue weighted by Crippen LogP contribution is 2.65. The molecule has 1 aliphatic carbocycles. The zero-order valence-corrected chi connectivity index (χ0v) is 21.3. The summed E-state index contributed by atoms with van der Waals surface area (Å²) in [7, 11) is 0. The average molecular weight is 551 g/mol. The molecule has 2 nitrogen and oxygen atoms in total. The van der Waals surface area contributed by atoms with Crippen LogP contribution < -0.4 is 0 Å². The van der Waals surface area contributed by atoms with Crippen LogP contribution in [-0.2, 0) is 12.8 Å². The van der Waals surface area contributed by atoms with Crippen molar-refractivity contribution in [3.63, 3.8) is 0 Å². The summed E-state index contributed by atoms with van der Waals surface area (Å²) in [6.45, 7) is 3.28. The van der Waals surface area contributed by atoms with E-state index in [-0.39, 0.29) is 32.6 Å². The molecular weight excluding hydrogens is 530 g/mol. The number of aryl methyl sites for hydroxylation is 2. The Balaban J connectivity index is 1.82. The molecule has 1 aliphatic rings. The lowest BCUT2D eigenvalue weighted by Gasteiger charge is -2.25. The Hall–Kier alpha value is -2.98. The average Bonchev–Trinajstić information content (AvgIpc) is 3.54. The molecule has 0 radical (unpaired) electrons. The second kappa shape index (κ2) is 9.09. The van der Waals surface area contributed by atoms with Gasteiger partial charge in [-0.15, -0.1) is 22.7 Å². The molecule has 0 unspecified atom stereocenters. The number of thiazole rings is 2. The van der Waals surface area contributed by atoms with E-state index < -0.39 is 40.3 Å². The lowest BCUT2D eigenvalue weighted by atomic mass is 9.99. The van der Waals surface area contributed by atoms with Crippen molar-refractivity contribution in [3.8, 4) is 21.1 Å². The number of aromatic nitrogens is 2. The largest absolute Gasteiger partial charge is 0.380 e. The Kier molecular flexibility index (Phi) is 6.31. The summed E-state index contributed by atoms with van der Waals surface area (Å²) < 4.78 is 91.6. The van der Waals surface area contributed by atoms with Gasteiger partial charge in [-0.05, 0) is 12.8 Å². The van der Waals surface area contributed by atoms with E-state index in [1.165, 1.54) is 0 Å². The van der Waals surface area contributed by atoms with Crippen LogP contribution in [0.4, 0.5) is 26.3 Å². The molecule has 2 heterocycles. The fraction of sp³-hybridized carbons (Fsp3) is 0.259. The number of alkyl halides is 6. The maximum absolute atomic E-state index is 15.4. The first-order chi connectivity index (χ1) is 17.5. The van der Waals surface area contributed by atoms with Gasteiger partial charge in [0.15, 0.2) is 0 Å². The van der Waals surface area contributed by atoms with E-state index in [2.05, 4.69) is 9.97 Å². The number of hydrogen-bond donors (Lipinski definition) is 0. The molecule has 0 saturated heterocycles. The van der Waals surface area contributed by atoms with E-state index in [0.29, 0.717) is 11.1 Å². The van der Waals surface area contributed by atoms with Crippen LogP contribution in [0.1, 0.15) is 35.0 Å². The van der Waals surface area contributed by atoms with E-state index in [0.717, 1.165) is 22.7 Å². The number of hydrogen-bond acceptors (Lipinski definition) is 4. The normalized spacial score (nSPS) is 17.9. The van der Waals surface area contributed by atoms with Gasteiger partial charge in [-0.2, -0.15) is 26.3 Å². The van der Waals surface area contributed by atoms with Crippen LogP contribution >= 0.6 is 22.7 Å². The minimum Gasteiger partial charge on any atom is -0.236 e. The summed E-state index contributed by atoms with van der Waals surface area (Å²) in [5, 5.41) is 0.570. The topological polar surface area (TPSA) is 25.8 Å². The van der Waals surface area contributed by atoms with E-state index in [1.54, 1.807) is 74.5 Å². The summed E-state index contributed by atoms with van der Waals surface area (Å²) in [4.78, 5) is 8.93. The second-order valence-electron chi connectivity index (χ2n) is 8.49. The molecule has 0 spiro atoms. The van der Waals surface area contributed by atoms with Crippen molar-refractivity contribution in [3.05, 3.63) is 81.8 Å². The molecule has 0 fully saturated rings. The van der Waals surface area contributed by atoms with Crippen molar-refractivity contribution in [1.82, 2.24) is 9.97 Å². The highest BCUT2D eigenvalue weighted by molar-refractivity contribution is 7.15. The van der Waals surface area contributed by atoms with E-state index in [9.17, 15) is 8.78 Å². The maximum Gasteiger partial charge on any atom is 0.380 e. The van der Waals surface area contributed by atoms with Gasteiger partial charge in [0.1, 0.15) is 10.0 Å². The van der Waals surface area contributed by atoms with Gasteiger partial charge in [0.2, 0.25) is 0 Å². The van der Waals surface area contributed by atoms with E-state index in [4.69, 9.17) is 0 Å². The van der Waals surface area contributed by atoms with Gasteiger partial charge in [-0.25, -0.2) is 9.97 Å². The number of allylic oxidation sites excluding steroid dienone is 2.